The second kappa shape index (κ2) is 10.5. The van der Waals surface area contributed by atoms with Crippen LogP contribution in [-0.2, 0) is 12.8 Å². The summed E-state index contributed by atoms with van der Waals surface area (Å²) < 4.78 is 0. The van der Waals surface area contributed by atoms with Gasteiger partial charge in [-0.25, -0.2) is 0 Å². The Morgan fingerprint density at radius 2 is 0.923 bits per heavy atom. The molecule has 4 N–H and O–H groups in total. The molecule has 0 aliphatic rings. The van der Waals surface area contributed by atoms with Gasteiger partial charge in [-0.15, -0.1) is 0 Å². The molecule has 0 saturated carbocycles. The third kappa shape index (κ3) is 7.51. The van der Waals surface area contributed by atoms with E-state index in [1.807, 2.05) is 0 Å². The monoisotopic (exact) mass is 231 g/mol. The van der Waals surface area contributed by atoms with E-state index in [0.29, 0.717) is 13.1 Å². The molecule has 0 saturated heterocycles. The third-order valence-corrected chi connectivity index (χ3v) is 9.52. The van der Waals surface area contributed by atoms with Crippen LogP contribution in [0, 0.1) is 0 Å². The van der Waals surface area contributed by atoms with Crippen molar-refractivity contribution >= 4 is 0 Å². The van der Waals surface area contributed by atoms with Crippen LogP contribution in [0.15, 0.2) is 0 Å². The maximum Gasteiger partial charge on any atom is 0.00461 e. The predicted molar refractivity (Wildman–Crippen MR) is 60.0 cm³/mol. The minimum atomic E-state index is -0.708. The van der Waals surface area contributed by atoms with Crippen molar-refractivity contribution in [3.8, 4) is 0 Å². The molecule has 0 aliphatic heterocycles. The first-order chi connectivity index (χ1) is 6.16. The van der Waals surface area contributed by atoms with Gasteiger partial charge in [-0.2, -0.15) is 0 Å². The Morgan fingerprint density at radius 1 is 0.692 bits per heavy atom. The van der Waals surface area contributed by atoms with Gasteiger partial charge in [-0.1, -0.05) is 0 Å². The first-order valence-electron chi connectivity index (χ1n) is 5.21. The second-order valence-electron chi connectivity index (χ2n) is 2.78. The summed E-state index contributed by atoms with van der Waals surface area (Å²) in [6.45, 7) is 10.7. The Bertz CT molecular complexity index is 73.4. The largest absolute Gasteiger partial charge is 0.329 e. The maximum atomic E-state index is 4.90. The van der Waals surface area contributed by atoms with E-state index in [9.17, 15) is 0 Å². The summed E-state index contributed by atoms with van der Waals surface area (Å²) in [6.07, 6.45) is 0. The van der Waals surface area contributed by atoms with Gasteiger partial charge in [0.25, 0.3) is 0 Å². The van der Waals surface area contributed by atoms with Crippen molar-refractivity contribution in [3.05, 3.63) is 0 Å². The van der Waals surface area contributed by atoms with E-state index in [1.54, 1.807) is 0 Å². The summed E-state index contributed by atoms with van der Waals surface area (Å²) in [5.74, 6) is 0. The average Bonchev–Trinajstić information content (AvgIpc) is 2.23. The zero-order valence-electron chi connectivity index (χ0n) is 9.78. The van der Waals surface area contributed by atoms with Crippen LogP contribution in [0.25, 0.3) is 0 Å². The van der Waals surface area contributed by atoms with Crippen molar-refractivity contribution < 1.29 is 12.8 Å². The summed E-state index contributed by atoms with van der Waals surface area (Å²) >= 11 is -0.708. The Kier molecular flexibility index (Phi) is 12.9. The summed E-state index contributed by atoms with van der Waals surface area (Å²) in [7, 11) is 0. The molecule has 0 aromatic rings. The minimum absolute atomic E-state index is 0.597. The second-order valence-corrected chi connectivity index (χ2v) is 9.66. The van der Waals surface area contributed by atoms with Gasteiger partial charge in [0.1, 0.15) is 0 Å². The standard InChI is InChI=1S/C2H8N2.4C2H5.Mn/c3-1-2-4;4*1-2;/h1-4H2;4*1H2,2H3;. The summed E-state index contributed by atoms with van der Waals surface area (Å²) in [6, 6.07) is 0. The van der Waals surface area contributed by atoms with Crippen LogP contribution in [-0.4, -0.2) is 13.1 Å². The van der Waals surface area contributed by atoms with E-state index in [2.05, 4.69) is 27.7 Å². The van der Waals surface area contributed by atoms with Gasteiger partial charge in [-0.05, 0) is 0 Å². The molecule has 13 heavy (non-hydrogen) atoms. The van der Waals surface area contributed by atoms with Gasteiger partial charge in [0.2, 0.25) is 0 Å². The zero-order chi connectivity index (χ0) is 10.7. The molecule has 0 amide bonds. The van der Waals surface area contributed by atoms with E-state index < -0.39 is 12.8 Å². The number of rotatable bonds is 5. The van der Waals surface area contributed by atoms with E-state index in [4.69, 9.17) is 11.5 Å². The Balaban J connectivity index is 0. The molecule has 0 unspecified atom stereocenters. The van der Waals surface area contributed by atoms with Crippen molar-refractivity contribution in [2.24, 2.45) is 11.5 Å². The van der Waals surface area contributed by atoms with Crippen molar-refractivity contribution in [3.63, 3.8) is 0 Å². The first-order valence-corrected chi connectivity index (χ1v) is 8.55. The Morgan fingerprint density at radius 3 is 0.923 bits per heavy atom. The number of nitrogens with two attached hydrogens (primary N) is 2. The fraction of sp³-hybridized carbons (Fsp3) is 1.00. The maximum absolute atomic E-state index is 4.90. The third-order valence-electron chi connectivity index (χ3n) is 2.43. The number of hydrogen-bond donors (Lipinski definition) is 2. The van der Waals surface area contributed by atoms with Crippen LogP contribution in [0.2, 0.25) is 21.3 Å². The fourth-order valence-electron chi connectivity index (χ4n) is 1.13. The molecule has 0 aromatic heterocycles. The Labute approximate surface area is 86.7 Å². The number of hydrogen-bond acceptors (Lipinski definition) is 2. The normalized spacial score (nSPS) is 11.8. The van der Waals surface area contributed by atoms with Crippen molar-refractivity contribution in [2.75, 3.05) is 13.1 Å². The van der Waals surface area contributed by atoms with Gasteiger partial charge >= 0.3 is 61.8 Å². The molecular weight excluding hydrogens is 203 g/mol. The molecule has 0 bridgehead atoms. The van der Waals surface area contributed by atoms with Crippen LogP contribution in [0.5, 0.6) is 0 Å². The van der Waals surface area contributed by atoms with Gasteiger partial charge in [-0.3, -0.25) is 0 Å². The van der Waals surface area contributed by atoms with Crippen LogP contribution >= 0.6 is 0 Å². The molecule has 0 atom stereocenters. The SMILES string of the molecule is C[CH2][Mn]([CH2]C)([CH2]C)[CH2]C.NCCN. The van der Waals surface area contributed by atoms with Crippen LogP contribution in [0.1, 0.15) is 27.7 Å². The molecule has 0 radical (unpaired) electrons. The summed E-state index contributed by atoms with van der Waals surface area (Å²) in [5.41, 5.74) is 9.81. The molecule has 0 spiro atoms. The topological polar surface area (TPSA) is 52.0 Å². The van der Waals surface area contributed by atoms with Gasteiger partial charge < -0.3 is 11.5 Å². The van der Waals surface area contributed by atoms with E-state index in [1.165, 1.54) is 21.3 Å². The van der Waals surface area contributed by atoms with Gasteiger partial charge in [0.05, 0.1) is 0 Å². The van der Waals surface area contributed by atoms with Gasteiger partial charge in [0, 0.05) is 13.1 Å². The molecule has 2 nitrogen and oxygen atoms in total. The van der Waals surface area contributed by atoms with Crippen LogP contribution < -0.4 is 11.5 Å². The smallest absolute Gasteiger partial charge is 0.00461 e. The van der Waals surface area contributed by atoms with Crippen molar-refractivity contribution in [2.45, 2.75) is 49.0 Å². The molecule has 85 valence electrons. The molecule has 0 fully saturated rings. The van der Waals surface area contributed by atoms with Crippen molar-refractivity contribution in [1.82, 2.24) is 0 Å². The minimum Gasteiger partial charge on any atom is -0.329 e. The Hall–Kier alpha value is 0.439. The molecule has 3 heteroatoms. The summed E-state index contributed by atoms with van der Waals surface area (Å²) in [5, 5.41) is 5.94. The van der Waals surface area contributed by atoms with Crippen molar-refractivity contribution in [1.29, 1.82) is 0 Å². The summed E-state index contributed by atoms with van der Waals surface area (Å²) in [4.78, 5) is 0. The zero-order valence-corrected chi connectivity index (χ0v) is 11.0. The first kappa shape index (κ1) is 15.9. The van der Waals surface area contributed by atoms with Gasteiger partial charge in [0.15, 0.2) is 0 Å². The predicted octanol–water partition coefficient (Wildman–Crippen LogP) is 2.80. The quantitative estimate of drug-likeness (QED) is 0.715. The van der Waals surface area contributed by atoms with E-state index in [0.717, 1.165) is 0 Å². The molecule has 0 rings (SSSR count). The van der Waals surface area contributed by atoms with Crippen LogP contribution in [0.3, 0.4) is 0 Å². The van der Waals surface area contributed by atoms with Crippen LogP contribution in [0.4, 0.5) is 0 Å². The molecule has 0 heterocycles. The van der Waals surface area contributed by atoms with E-state index >= 15 is 0 Å². The van der Waals surface area contributed by atoms with E-state index in [-0.39, 0.29) is 0 Å². The molecule has 0 aliphatic carbocycles. The molecule has 0 aromatic carbocycles. The molecular formula is C10H28MnN2. The fourth-order valence-corrected chi connectivity index (χ4v) is 4.68. The average molecular weight is 231 g/mol.